The zero-order chi connectivity index (χ0) is 21.0. The maximum Gasteiger partial charge on any atom is 0.329 e. The van der Waals surface area contributed by atoms with Crippen LogP contribution in [0.25, 0.3) is 10.8 Å². The summed E-state index contributed by atoms with van der Waals surface area (Å²) in [6.07, 6.45) is -0.364. The summed E-state index contributed by atoms with van der Waals surface area (Å²) in [7, 11) is 1.37. The number of fused-ring (bicyclic) bond motifs is 1. The average molecular weight is 388 g/mol. The van der Waals surface area contributed by atoms with E-state index in [2.05, 4.69) is 0 Å². The lowest BCUT2D eigenvalue weighted by Gasteiger charge is -2.30. The highest BCUT2D eigenvalue weighted by Crippen LogP contribution is 2.38. The van der Waals surface area contributed by atoms with E-state index in [1.54, 1.807) is 45.0 Å². The summed E-state index contributed by atoms with van der Waals surface area (Å²) >= 11 is 0. The summed E-state index contributed by atoms with van der Waals surface area (Å²) in [6.45, 7) is 6.23. The molecule has 0 radical (unpaired) electrons. The van der Waals surface area contributed by atoms with Gasteiger partial charge in [0.2, 0.25) is 0 Å². The molecule has 0 heterocycles. The normalized spacial score (nSPS) is 12.1. The second-order valence-electron chi connectivity index (χ2n) is 6.71. The highest BCUT2D eigenvalue weighted by Gasteiger charge is 2.33. The van der Waals surface area contributed by atoms with Gasteiger partial charge in [-0.25, -0.2) is 4.79 Å². The number of esters is 1. The van der Waals surface area contributed by atoms with E-state index in [1.165, 1.54) is 25.0 Å². The number of methoxy groups -OCH3 is 1. The third-order valence-corrected chi connectivity index (χ3v) is 4.30. The van der Waals surface area contributed by atoms with Crippen LogP contribution in [0.2, 0.25) is 0 Å². The van der Waals surface area contributed by atoms with Crippen molar-refractivity contribution in [2.75, 3.05) is 18.6 Å². The van der Waals surface area contributed by atoms with Crippen LogP contribution in [-0.4, -0.2) is 42.7 Å². The lowest BCUT2D eigenvalue weighted by Crippen LogP contribution is -2.46. The molecular weight excluding hydrogens is 364 g/mol. The van der Waals surface area contributed by atoms with E-state index in [0.717, 1.165) is 0 Å². The molecule has 0 aliphatic heterocycles. The molecule has 8 nitrogen and oxygen atoms in total. The van der Waals surface area contributed by atoms with Crippen LogP contribution in [0, 0.1) is 17.0 Å². The van der Waals surface area contributed by atoms with Crippen molar-refractivity contribution >= 4 is 34.0 Å². The predicted molar refractivity (Wildman–Crippen MR) is 105 cm³/mol. The van der Waals surface area contributed by atoms with Crippen molar-refractivity contribution in [2.24, 2.45) is 0 Å². The molecule has 0 saturated carbocycles. The molecule has 1 amide bonds. The van der Waals surface area contributed by atoms with Gasteiger partial charge in [-0.15, -0.1) is 0 Å². The number of hydrogen-bond acceptors (Lipinski definition) is 6. The van der Waals surface area contributed by atoms with Crippen molar-refractivity contribution in [1.29, 1.82) is 0 Å². The number of rotatable bonds is 7. The van der Waals surface area contributed by atoms with Gasteiger partial charge >= 0.3 is 5.97 Å². The van der Waals surface area contributed by atoms with Crippen LogP contribution < -0.4 is 4.90 Å². The average Bonchev–Trinajstić information content (AvgIpc) is 2.62. The maximum absolute atomic E-state index is 12.9. The van der Waals surface area contributed by atoms with Gasteiger partial charge in [0.15, 0.2) is 0 Å². The van der Waals surface area contributed by atoms with E-state index < -0.39 is 22.8 Å². The van der Waals surface area contributed by atoms with Crippen molar-refractivity contribution in [3.8, 4) is 0 Å². The predicted octanol–water partition coefficient (Wildman–Crippen LogP) is 3.38. The largest absolute Gasteiger partial charge is 0.461 e. The Bertz CT molecular complexity index is 909. The summed E-state index contributed by atoms with van der Waals surface area (Å²) in [5.74, 6) is -1.10. The molecule has 28 heavy (non-hydrogen) atoms. The van der Waals surface area contributed by atoms with Gasteiger partial charge in [0.05, 0.1) is 22.3 Å². The van der Waals surface area contributed by atoms with Crippen LogP contribution in [0.1, 0.15) is 26.3 Å². The van der Waals surface area contributed by atoms with Crippen LogP contribution in [0.5, 0.6) is 0 Å². The van der Waals surface area contributed by atoms with E-state index >= 15 is 0 Å². The summed E-state index contributed by atoms with van der Waals surface area (Å²) < 4.78 is 10.2. The van der Waals surface area contributed by atoms with Crippen molar-refractivity contribution in [3.63, 3.8) is 0 Å². The van der Waals surface area contributed by atoms with Crippen LogP contribution >= 0.6 is 0 Å². The molecule has 150 valence electrons. The zero-order valence-corrected chi connectivity index (χ0v) is 16.6. The third-order valence-electron chi connectivity index (χ3n) is 4.30. The van der Waals surface area contributed by atoms with Gasteiger partial charge in [-0.3, -0.25) is 19.8 Å². The van der Waals surface area contributed by atoms with Crippen molar-refractivity contribution in [2.45, 2.75) is 39.8 Å². The van der Waals surface area contributed by atoms with Gasteiger partial charge in [0.25, 0.3) is 11.6 Å². The molecule has 8 heteroatoms. The number of benzene rings is 2. The molecule has 0 aliphatic carbocycles. The summed E-state index contributed by atoms with van der Waals surface area (Å²) in [4.78, 5) is 37.7. The monoisotopic (exact) mass is 388 g/mol. The number of nitro benzene ring substituents is 1. The Balaban J connectivity index is 2.76. The number of amides is 1. The zero-order valence-electron chi connectivity index (χ0n) is 16.6. The highest BCUT2D eigenvalue weighted by molar-refractivity contribution is 6.09. The van der Waals surface area contributed by atoms with Crippen molar-refractivity contribution < 1.29 is 24.0 Å². The van der Waals surface area contributed by atoms with E-state index in [1.807, 2.05) is 0 Å². The van der Waals surface area contributed by atoms with E-state index in [9.17, 15) is 19.7 Å². The Morgan fingerprint density at radius 1 is 1.21 bits per heavy atom. The quantitative estimate of drug-likeness (QED) is 0.410. The Morgan fingerprint density at radius 3 is 2.43 bits per heavy atom. The molecule has 1 unspecified atom stereocenters. The lowest BCUT2D eigenvalue weighted by molar-refractivity contribution is -0.385. The van der Waals surface area contributed by atoms with E-state index in [0.29, 0.717) is 16.5 Å². The van der Waals surface area contributed by atoms with Crippen LogP contribution in [-0.2, 0) is 19.1 Å². The maximum atomic E-state index is 12.9. The SMILES string of the molecule is COCC(=O)N(c1c(C)c([N+](=O)[O-])cc2ccccc12)C(C)C(=O)OC(C)C. The Labute approximate surface area is 163 Å². The molecule has 0 fully saturated rings. The topological polar surface area (TPSA) is 99.0 Å². The number of nitrogens with zero attached hydrogens (tertiary/aromatic N) is 2. The number of anilines is 1. The molecule has 0 bridgehead atoms. The van der Waals surface area contributed by atoms with Gasteiger partial charge in [-0.1, -0.05) is 24.3 Å². The number of carbonyl (C=O) groups is 2. The van der Waals surface area contributed by atoms with Crippen molar-refractivity contribution in [3.05, 3.63) is 46.0 Å². The van der Waals surface area contributed by atoms with Crippen LogP contribution in [0.15, 0.2) is 30.3 Å². The number of ether oxygens (including phenoxy) is 2. The molecule has 2 aromatic carbocycles. The third kappa shape index (κ3) is 4.28. The second kappa shape index (κ2) is 8.79. The fraction of sp³-hybridized carbons (Fsp3) is 0.400. The molecule has 0 saturated heterocycles. The van der Waals surface area contributed by atoms with Gasteiger partial charge in [-0.05, 0) is 33.1 Å². The van der Waals surface area contributed by atoms with Gasteiger partial charge in [0.1, 0.15) is 12.6 Å². The number of carbonyl (C=O) groups excluding carboxylic acids is 2. The smallest absolute Gasteiger partial charge is 0.329 e. The number of nitro groups is 1. The minimum atomic E-state index is -0.992. The summed E-state index contributed by atoms with van der Waals surface area (Å²) in [5, 5.41) is 12.8. The fourth-order valence-corrected chi connectivity index (χ4v) is 3.08. The first kappa shape index (κ1) is 21.3. The Kier molecular flexibility index (Phi) is 6.69. The molecule has 0 aromatic heterocycles. The first-order valence-corrected chi connectivity index (χ1v) is 8.87. The second-order valence-corrected chi connectivity index (χ2v) is 6.71. The molecule has 0 N–H and O–H groups in total. The molecule has 2 aromatic rings. The number of hydrogen-bond donors (Lipinski definition) is 0. The molecule has 0 spiro atoms. The minimum absolute atomic E-state index is 0.131. The fourth-order valence-electron chi connectivity index (χ4n) is 3.08. The Morgan fingerprint density at radius 2 is 1.86 bits per heavy atom. The van der Waals surface area contributed by atoms with Crippen LogP contribution in [0.4, 0.5) is 11.4 Å². The first-order valence-electron chi connectivity index (χ1n) is 8.87. The van der Waals surface area contributed by atoms with Crippen molar-refractivity contribution in [1.82, 2.24) is 0 Å². The van der Waals surface area contributed by atoms with Gasteiger partial charge in [-0.2, -0.15) is 0 Å². The summed E-state index contributed by atoms with van der Waals surface area (Å²) in [5.41, 5.74) is 0.464. The minimum Gasteiger partial charge on any atom is -0.461 e. The molecular formula is C20H24N2O6. The highest BCUT2D eigenvalue weighted by atomic mass is 16.6. The van der Waals surface area contributed by atoms with Gasteiger partial charge < -0.3 is 9.47 Å². The van der Waals surface area contributed by atoms with Gasteiger partial charge in [0, 0.05) is 18.6 Å². The first-order chi connectivity index (χ1) is 13.2. The molecule has 1 atom stereocenters. The molecule has 0 aliphatic rings. The molecule has 2 rings (SSSR count). The summed E-state index contributed by atoms with van der Waals surface area (Å²) in [6, 6.07) is 7.48. The Hall–Kier alpha value is -3.00. The van der Waals surface area contributed by atoms with E-state index in [-0.39, 0.29) is 24.0 Å². The lowest BCUT2D eigenvalue weighted by atomic mass is 10.0. The van der Waals surface area contributed by atoms with Crippen LogP contribution in [0.3, 0.4) is 0 Å². The standard InChI is InChI=1S/C20H24N2O6/c1-12(2)28-20(24)14(4)21(18(23)11-27-5)19-13(3)17(22(25)26)10-15-8-6-7-9-16(15)19/h6-10,12,14H,11H2,1-5H3. The van der Waals surface area contributed by atoms with E-state index in [4.69, 9.17) is 9.47 Å².